The largest absolute Gasteiger partial charge is 0.467 e. The average molecular weight is 696 g/mol. The summed E-state index contributed by atoms with van der Waals surface area (Å²) in [5.74, 6) is -1.16. The highest BCUT2D eigenvalue weighted by atomic mass is 79.9. The molecular weight excluding hydrogens is 660 g/mol. The Morgan fingerprint density at radius 3 is 1.58 bits per heavy atom. The summed E-state index contributed by atoms with van der Waals surface area (Å²) in [6.45, 7) is 0.478. The summed E-state index contributed by atoms with van der Waals surface area (Å²) in [4.78, 5) is 13.4. The Morgan fingerprint density at radius 2 is 1.11 bits per heavy atom. The van der Waals surface area contributed by atoms with E-state index in [2.05, 4.69) is 15.9 Å². The number of methoxy groups -OCH3 is 1. The Balaban J connectivity index is 1.52. The van der Waals surface area contributed by atoms with Crippen LogP contribution in [0.2, 0.25) is 0 Å². The van der Waals surface area contributed by atoms with Crippen LogP contribution in [0.15, 0.2) is 125 Å². The van der Waals surface area contributed by atoms with Gasteiger partial charge in [-0.1, -0.05) is 107 Å². The number of halogens is 1. The van der Waals surface area contributed by atoms with Crippen molar-refractivity contribution in [1.29, 1.82) is 0 Å². The maximum atomic E-state index is 13.7. The summed E-state index contributed by atoms with van der Waals surface area (Å²) in [6.07, 6.45) is -5.18. The quantitative estimate of drug-likeness (QED) is 0.159. The Labute approximate surface area is 272 Å². The maximum Gasteiger partial charge on any atom is 0.337 e. The third-order valence-corrected chi connectivity index (χ3v) is 9.77. The molecule has 0 N–H and O–H groups in total. The SMILES string of the molecule is COC(=O)C1OC(CS(=O)(=O)c2ccc(Br)cc2)[C@@H](OCc2ccccc2)[C@@H](OCc2ccccc2)[C@@H]1OCc1ccccc1. The number of ether oxygens (including phenoxy) is 5. The van der Waals surface area contributed by atoms with E-state index in [4.69, 9.17) is 23.7 Å². The fourth-order valence-electron chi connectivity index (χ4n) is 5.18. The molecule has 1 aliphatic rings. The minimum Gasteiger partial charge on any atom is -0.467 e. The molecule has 0 bridgehead atoms. The van der Waals surface area contributed by atoms with Crippen LogP contribution in [0.25, 0.3) is 0 Å². The van der Waals surface area contributed by atoms with Gasteiger partial charge in [0, 0.05) is 4.47 Å². The first-order valence-corrected chi connectivity index (χ1v) is 17.0. The first-order chi connectivity index (χ1) is 21.8. The number of sulfone groups is 1. The van der Waals surface area contributed by atoms with Crippen molar-refractivity contribution >= 4 is 31.7 Å². The van der Waals surface area contributed by atoms with Crippen LogP contribution in [0.3, 0.4) is 0 Å². The van der Waals surface area contributed by atoms with Gasteiger partial charge in [0.25, 0.3) is 0 Å². The van der Waals surface area contributed by atoms with Crippen molar-refractivity contribution in [2.75, 3.05) is 12.9 Å². The summed E-state index contributed by atoms with van der Waals surface area (Å²) in [7, 11) is -2.63. The normalized spacial score (nSPS) is 21.7. The van der Waals surface area contributed by atoms with Gasteiger partial charge in [-0.15, -0.1) is 0 Å². The molecular formula is C35H35BrO8S. The van der Waals surface area contributed by atoms with Crippen molar-refractivity contribution in [2.24, 2.45) is 0 Å². The summed E-state index contributed by atoms with van der Waals surface area (Å²) in [5.41, 5.74) is 2.65. The molecule has 45 heavy (non-hydrogen) atoms. The second kappa shape index (κ2) is 15.8. The smallest absolute Gasteiger partial charge is 0.337 e. The maximum absolute atomic E-state index is 13.7. The summed E-state index contributed by atoms with van der Waals surface area (Å²) < 4.78 is 59.0. The van der Waals surface area contributed by atoms with E-state index in [1.54, 1.807) is 12.1 Å². The van der Waals surface area contributed by atoms with E-state index in [1.165, 1.54) is 19.2 Å². The van der Waals surface area contributed by atoms with Crippen LogP contribution in [0.5, 0.6) is 0 Å². The molecule has 1 heterocycles. The van der Waals surface area contributed by atoms with Crippen molar-refractivity contribution in [3.8, 4) is 0 Å². The number of esters is 1. The van der Waals surface area contributed by atoms with E-state index < -0.39 is 52.1 Å². The van der Waals surface area contributed by atoms with Crippen LogP contribution >= 0.6 is 15.9 Å². The number of rotatable bonds is 13. The number of hydrogen-bond donors (Lipinski definition) is 0. The minimum atomic E-state index is -3.89. The van der Waals surface area contributed by atoms with Crippen molar-refractivity contribution < 1.29 is 36.9 Å². The van der Waals surface area contributed by atoms with Gasteiger partial charge in [-0.3, -0.25) is 0 Å². The van der Waals surface area contributed by atoms with Crippen molar-refractivity contribution in [3.05, 3.63) is 136 Å². The lowest BCUT2D eigenvalue weighted by Crippen LogP contribution is -2.63. The third kappa shape index (κ3) is 8.88. The zero-order valence-electron chi connectivity index (χ0n) is 24.7. The molecule has 0 aliphatic carbocycles. The second-order valence-electron chi connectivity index (χ2n) is 10.6. The third-order valence-electron chi connectivity index (χ3n) is 7.48. The van der Waals surface area contributed by atoms with Crippen LogP contribution in [0, 0.1) is 0 Å². The van der Waals surface area contributed by atoms with E-state index in [9.17, 15) is 13.2 Å². The molecule has 1 aliphatic heterocycles. The van der Waals surface area contributed by atoms with E-state index in [1.807, 2.05) is 91.0 Å². The molecule has 4 aromatic carbocycles. The molecule has 4 aromatic rings. The predicted octanol–water partition coefficient (Wildman–Crippen LogP) is 5.92. The van der Waals surface area contributed by atoms with E-state index in [0.717, 1.165) is 21.2 Å². The molecule has 236 valence electrons. The average Bonchev–Trinajstić information content (AvgIpc) is 3.07. The number of benzene rings is 4. The van der Waals surface area contributed by atoms with Crippen molar-refractivity contribution in [1.82, 2.24) is 0 Å². The first kappa shape index (κ1) is 33.0. The summed E-state index contributed by atoms with van der Waals surface area (Å²) in [6, 6.07) is 35.0. The lowest BCUT2D eigenvalue weighted by atomic mass is 9.94. The molecule has 0 spiro atoms. The van der Waals surface area contributed by atoms with Gasteiger partial charge in [-0.05, 0) is 41.0 Å². The Kier molecular flexibility index (Phi) is 11.6. The van der Waals surface area contributed by atoms with Gasteiger partial charge in [0.15, 0.2) is 15.9 Å². The predicted molar refractivity (Wildman–Crippen MR) is 172 cm³/mol. The van der Waals surface area contributed by atoms with Crippen molar-refractivity contribution in [3.63, 3.8) is 0 Å². The second-order valence-corrected chi connectivity index (χ2v) is 13.6. The topological polar surface area (TPSA) is 97.4 Å². The minimum absolute atomic E-state index is 0.120. The van der Waals surface area contributed by atoms with Crippen LogP contribution in [-0.4, -0.2) is 57.8 Å². The molecule has 8 nitrogen and oxygen atoms in total. The van der Waals surface area contributed by atoms with Gasteiger partial charge < -0.3 is 23.7 Å². The van der Waals surface area contributed by atoms with E-state index in [0.29, 0.717) is 0 Å². The van der Waals surface area contributed by atoms with Crippen LogP contribution in [0.4, 0.5) is 0 Å². The molecule has 0 saturated carbocycles. The lowest BCUT2D eigenvalue weighted by Gasteiger charge is -2.45. The first-order valence-electron chi connectivity index (χ1n) is 14.5. The number of carbonyl (C=O) groups is 1. The summed E-state index contributed by atoms with van der Waals surface area (Å²) >= 11 is 3.36. The van der Waals surface area contributed by atoms with Gasteiger partial charge in [-0.2, -0.15) is 0 Å². The van der Waals surface area contributed by atoms with Crippen LogP contribution in [-0.2, 0) is 58.1 Å². The highest BCUT2D eigenvalue weighted by Gasteiger charge is 2.52. The molecule has 0 amide bonds. The molecule has 10 heteroatoms. The number of hydrogen-bond acceptors (Lipinski definition) is 8. The molecule has 1 fully saturated rings. The zero-order chi connectivity index (χ0) is 31.6. The molecule has 1 saturated heterocycles. The fourth-order valence-corrected chi connectivity index (χ4v) is 6.89. The zero-order valence-corrected chi connectivity index (χ0v) is 27.1. The molecule has 2 unspecified atom stereocenters. The van der Waals surface area contributed by atoms with E-state index in [-0.39, 0.29) is 24.7 Å². The molecule has 5 rings (SSSR count). The highest BCUT2D eigenvalue weighted by Crippen LogP contribution is 2.33. The Bertz CT molecular complexity index is 1600. The Morgan fingerprint density at radius 1 is 0.667 bits per heavy atom. The Hall–Kier alpha value is -3.38. The fraction of sp³-hybridized carbons (Fsp3) is 0.286. The van der Waals surface area contributed by atoms with Gasteiger partial charge in [0.05, 0.1) is 37.6 Å². The lowest BCUT2D eigenvalue weighted by molar-refractivity contribution is -0.261. The van der Waals surface area contributed by atoms with Gasteiger partial charge >= 0.3 is 5.97 Å². The van der Waals surface area contributed by atoms with E-state index >= 15 is 0 Å². The highest BCUT2D eigenvalue weighted by molar-refractivity contribution is 9.10. The van der Waals surface area contributed by atoms with Crippen molar-refractivity contribution in [2.45, 2.75) is 55.2 Å². The molecule has 0 aromatic heterocycles. The van der Waals surface area contributed by atoms with Gasteiger partial charge in [0.2, 0.25) is 0 Å². The number of carbonyl (C=O) groups excluding carboxylic acids is 1. The van der Waals surface area contributed by atoms with Gasteiger partial charge in [0.1, 0.15) is 24.4 Å². The molecule has 5 atom stereocenters. The summed E-state index contributed by atoms with van der Waals surface area (Å²) in [5, 5.41) is 0. The standard InChI is InChI=1S/C35H35BrO8S/c1-40-35(37)34-33(43-23-27-15-9-4-10-16-27)32(42-22-26-13-7-3-8-14-26)31(41-21-25-11-5-2-6-12-25)30(44-34)24-45(38,39)29-19-17-28(36)18-20-29/h2-20,30-34H,21-24H2,1H3/t30?,31-,32-,33+,34?/m1/s1. The van der Waals surface area contributed by atoms with Crippen LogP contribution < -0.4 is 0 Å². The monoisotopic (exact) mass is 694 g/mol. The molecule has 0 radical (unpaired) electrons. The van der Waals surface area contributed by atoms with Gasteiger partial charge in [-0.25, -0.2) is 13.2 Å². The van der Waals surface area contributed by atoms with Crippen LogP contribution in [0.1, 0.15) is 16.7 Å².